The van der Waals surface area contributed by atoms with Gasteiger partial charge in [0.15, 0.2) is 5.69 Å². The molecule has 1 aliphatic heterocycles. The Balaban J connectivity index is 1.19. The number of piperazine rings is 1. The average Bonchev–Trinajstić information content (AvgIpc) is 3.45. The molecule has 41 heavy (non-hydrogen) atoms. The average molecular weight is 574 g/mol. The lowest BCUT2D eigenvalue weighted by molar-refractivity contribution is -0.279. The van der Waals surface area contributed by atoms with Crippen LogP contribution in [0.1, 0.15) is 41.9 Å². The van der Waals surface area contributed by atoms with Crippen molar-refractivity contribution in [3.05, 3.63) is 66.1 Å². The molecule has 2 aliphatic rings. The highest BCUT2D eigenvalue weighted by atomic mass is 19.4. The molecule has 1 aromatic heterocycles. The number of hydroxylamine groups is 1. The molecule has 1 aliphatic carbocycles. The number of halogens is 3. The van der Waals surface area contributed by atoms with E-state index < -0.39 is 35.4 Å². The van der Waals surface area contributed by atoms with E-state index in [-0.39, 0.29) is 11.9 Å². The van der Waals surface area contributed by atoms with Gasteiger partial charge in [-0.2, -0.15) is 13.2 Å². The summed E-state index contributed by atoms with van der Waals surface area (Å²) in [5.41, 5.74) is 0.605. The zero-order chi connectivity index (χ0) is 29.1. The summed E-state index contributed by atoms with van der Waals surface area (Å²) in [4.78, 5) is 30.1. The summed E-state index contributed by atoms with van der Waals surface area (Å²) in [6, 6.07) is 14.5. The van der Waals surface area contributed by atoms with E-state index in [1.165, 1.54) is 17.3 Å². The van der Waals surface area contributed by atoms with Crippen LogP contribution in [-0.4, -0.2) is 69.6 Å². The van der Waals surface area contributed by atoms with E-state index in [1.54, 1.807) is 42.5 Å². The number of rotatable bonds is 7. The Bertz CT molecular complexity index is 1360. The van der Waals surface area contributed by atoms with Crippen LogP contribution in [0, 0.1) is 5.92 Å². The standard InChI is InChI=1S/C28H30F3N5O5/c29-28(30,31)24-23(33-26(41-24)18-5-2-1-3-6-18)25(37)32-20-9-11-21(12-10-20)34-13-15-35(16-14-34)36(40)22-8-4-7-19(17-22)27(38)39/h1-3,5-6,9-12,19,22,40H,4,7-8,13-17H2,(H,32,37)(H,38,39)/t19-,22+/m0/s1. The topological polar surface area (TPSA) is 122 Å². The lowest BCUT2D eigenvalue weighted by Gasteiger charge is -2.43. The minimum atomic E-state index is -4.90. The zero-order valence-corrected chi connectivity index (χ0v) is 22.0. The first-order chi connectivity index (χ1) is 19.6. The first-order valence-corrected chi connectivity index (χ1v) is 13.4. The molecule has 1 saturated carbocycles. The fourth-order valence-corrected chi connectivity index (χ4v) is 5.30. The number of hydrazine groups is 1. The molecular weight excluding hydrogens is 543 g/mol. The third-order valence-electron chi connectivity index (χ3n) is 7.48. The number of alkyl halides is 3. The van der Waals surface area contributed by atoms with Gasteiger partial charge in [-0.3, -0.25) is 14.8 Å². The van der Waals surface area contributed by atoms with Crippen molar-refractivity contribution >= 4 is 23.3 Å². The number of amides is 1. The molecule has 3 aromatic rings. The number of carbonyl (C=O) groups is 2. The lowest BCUT2D eigenvalue weighted by atomic mass is 9.86. The Morgan fingerprint density at radius 3 is 2.32 bits per heavy atom. The van der Waals surface area contributed by atoms with Gasteiger partial charge in [0.25, 0.3) is 5.91 Å². The number of aromatic nitrogens is 1. The molecular formula is C28H30F3N5O5. The molecule has 0 spiro atoms. The second-order valence-electron chi connectivity index (χ2n) is 10.2. The lowest BCUT2D eigenvalue weighted by Crippen LogP contribution is -2.56. The Morgan fingerprint density at radius 1 is 1.00 bits per heavy atom. The molecule has 2 heterocycles. The highest BCUT2D eigenvalue weighted by Gasteiger charge is 2.42. The van der Waals surface area contributed by atoms with Gasteiger partial charge in [0.1, 0.15) is 0 Å². The molecule has 2 atom stereocenters. The van der Waals surface area contributed by atoms with E-state index in [2.05, 4.69) is 15.2 Å². The molecule has 10 nitrogen and oxygen atoms in total. The van der Waals surface area contributed by atoms with E-state index in [0.717, 1.165) is 18.5 Å². The number of aliphatic carboxylic acids is 1. The third-order valence-corrected chi connectivity index (χ3v) is 7.48. The minimum absolute atomic E-state index is 0.231. The van der Waals surface area contributed by atoms with Gasteiger partial charge < -0.3 is 19.7 Å². The number of hydrogen-bond donors (Lipinski definition) is 3. The highest BCUT2D eigenvalue weighted by molar-refractivity contribution is 6.04. The monoisotopic (exact) mass is 573 g/mol. The second kappa shape index (κ2) is 11.9. The van der Waals surface area contributed by atoms with Gasteiger partial charge in [-0.15, -0.1) is 5.17 Å². The quantitative estimate of drug-likeness (QED) is 0.336. The number of nitrogens with one attached hydrogen (secondary N) is 1. The molecule has 3 N–H and O–H groups in total. The molecule has 5 rings (SSSR count). The summed E-state index contributed by atoms with van der Waals surface area (Å²) >= 11 is 0. The van der Waals surface area contributed by atoms with Gasteiger partial charge >= 0.3 is 12.1 Å². The minimum Gasteiger partial charge on any atom is -0.481 e. The molecule has 1 amide bonds. The Morgan fingerprint density at radius 2 is 1.68 bits per heavy atom. The van der Waals surface area contributed by atoms with Crippen LogP contribution in [0.2, 0.25) is 0 Å². The van der Waals surface area contributed by atoms with Crippen molar-refractivity contribution in [2.24, 2.45) is 5.92 Å². The SMILES string of the molecule is O=C(Nc1ccc(N2CCN(N(O)[C@@H]3CCC[C@H](C(=O)O)C3)CC2)cc1)c1nc(-c2ccccc2)oc1C(F)(F)F. The Kier molecular flexibility index (Phi) is 8.29. The van der Waals surface area contributed by atoms with E-state index >= 15 is 0 Å². The van der Waals surface area contributed by atoms with Crippen LogP contribution < -0.4 is 10.2 Å². The normalized spacial score (nSPS) is 20.3. The first kappa shape index (κ1) is 28.6. The molecule has 1 saturated heterocycles. The first-order valence-electron chi connectivity index (χ1n) is 13.4. The zero-order valence-electron chi connectivity index (χ0n) is 22.0. The van der Waals surface area contributed by atoms with Crippen molar-refractivity contribution in [3.8, 4) is 11.5 Å². The molecule has 0 radical (unpaired) electrons. The fourth-order valence-electron chi connectivity index (χ4n) is 5.30. The van der Waals surface area contributed by atoms with E-state index in [1.807, 2.05) is 5.01 Å². The summed E-state index contributed by atoms with van der Waals surface area (Å²) in [6.07, 6.45) is -2.38. The van der Waals surface area contributed by atoms with Crippen LogP contribution in [-0.2, 0) is 11.0 Å². The van der Waals surface area contributed by atoms with E-state index in [9.17, 15) is 33.1 Å². The maximum Gasteiger partial charge on any atom is 0.452 e. The van der Waals surface area contributed by atoms with Gasteiger partial charge in [-0.25, -0.2) is 9.99 Å². The molecule has 13 heteroatoms. The Labute approximate surface area is 233 Å². The molecule has 0 bridgehead atoms. The number of carboxylic acids is 1. The van der Waals surface area contributed by atoms with E-state index in [4.69, 9.17) is 4.42 Å². The van der Waals surface area contributed by atoms with Crippen LogP contribution >= 0.6 is 0 Å². The number of oxazole rings is 1. The largest absolute Gasteiger partial charge is 0.481 e. The fraction of sp³-hybridized carbons (Fsp3) is 0.393. The maximum atomic E-state index is 13.6. The second-order valence-corrected chi connectivity index (χ2v) is 10.2. The van der Waals surface area contributed by atoms with Gasteiger partial charge in [0, 0.05) is 43.1 Å². The van der Waals surface area contributed by atoms with Gasteiger partial charge in [0.2, 0.25) is 11.7 Å². The number of carboxylic acid groups (broad SMARTS) is 1. The van der Waals surface area contributed by atoms with Crippen molar-refractivity contribution in [1.82, 2.24) is 15.2 Å². The van der Waals surface area contributed by atoms with Crippen molar-refractivity contribution in [2.75, 3.05) is 36.4 Å². The maximum absolute atomic E-state index is 13.6. The molecule has 0 unspecified atom stereocenters. The van der Waals surface area contributed by atoms with Crippen LogP contribution in [0.5, 0.6) is 0 Å². The number of nitrogens with zero attached hydrogens (tertiary/aromatic N) is 4. The summed E-state index contributed by atoms with van der Waals surface area (Å²) in [5, 5.41) is 25.5. The number of carbonyl (C=O) groups excluding carboxylic acids is 1. The van der Waals surface area contributed by atoms with Crippen molar-refractivity contribution in [2.45, 2.75) is 37.9 Å². The van der Waals surface area contributed by atoms with Crippen LogP contribution in [0.4, 0.5) is 24.5 Å². The number of anilines is 2. The Hall–Kier alpha value is -3.94. The number of hydrogen-bond acceptors (Lipinski definition) is 8. The van der Waals surface area contributed by atoms with Crippen LogP contribution in [0.25, 0.3) is 11.5 Å². The highest BCUT2D eigenvalue weighted by Crippen LogP contribution is 2.36. The van der Waals surface area contributed by atoms with Crippen LogP contribution in [0.3, 0.4) is 0 Å². The van der Waals surface area contributed by atoms with Gasteiger partial charge in [-0.1, -0.05) is 24.6 Å². The molecule has 2 fully saturated rings. The summed E-state index contributed by atoms with van der Waals surface area (Å²) in [7, 11) is 0. The summed E-state index contributed by atoms with van der Waals surface area (Å²) < 4.78 is 45.8. The van der Waals surface area contributed by atoms with Crippen molar-refractivity contribution < 1.29 is 37.5 Å². The van der Waals surface area contributed by atoms with Gasteiger partial charge in [0.05, 0.1) is 12.0 Å². The van der Waals surface area contributed by atoms with Crippen LogP contribution in [0.15, 0.2) is 59.0 Å². The predicted molar refractivity (Wildman–Crippen MR) is 142 cm³/mol. The van der Waals surface area contributed by atoms with Crippen molar-refractivity contribution in [3.63, 3.8) is 0 Å². The number of benzene rings is 2. The summed E-state index contributed by atoms with van der Waals surface area (Å²) in [5.74, 6) is -4.08. The molecule has 2 aromatic carbocycles. The van der Waals surface area contributed by atoms with E-state index in [0.29, 0.717) is 50.3 Å². The molecule has 218 valence electrons. The van der Waals surface area contributed by atoms with Gasteiger partial charge in [-0.05, 0) is 55.7 Å². The third kappa shape index (κ3) is 6.53. The smallest absolute Gasteiger partial charge is 0.452 e. The van der Waals surface area contributed by atoms with Crippen molar-refractivity contribution in [1.29, 1.82) is 0 Å². The summed E-state index contributed by atoms with van der Waals surface area (Å²) in [6.45, 7) is 2.24. The predicted octanol–water partition coefficient (Wildman–Crippen LogP) is 4.98.